The van der Waals surface area contributed by atoms with Crippen molar-refractivity contribution in [3.63, 3.8) is 0 Å². The number of nitrogens with zero attached hydrogens (tertiary/aromatic N) is 2. The molecule has 5 nitrogen and oxygen atoms in total. The SMILES string of the molecule is Cc1ccc(-c2nnc([C@@H](C)OC(=O)c3cccc(C)c3)o2)cc1. The molecule has 0 radical (unpaired) electrons. The number of benzene rings is 2. The Bertz CT molecular complexity index is 853. The third-order valence-corrected chi connectivity index (χ3v) is 3.62. The van der Waals surface area contributed by atoms with Gasteiger partial charge in [0.1, 0.15) is 0 Å². The second-order valence-electron chi connectivity index (χ2n) is 5.73. The van der Waals surface area contributed by atoms with Crippen molar-refractivity contribution in [3.8, 4) is 11.5 Å². The zero-order valence-corrected chi connectivity index (χ0v) is 13.8. The van der Waals surface area contributed by atoms with Crippen LogP contribution in [0.15, 0.2) is 52.9 Å². The average Bonchev–Trinajstić information content (AvgIpc) is 3.05. The molecule has 2 aromatic carbocycles. The summed E-state index contributed by atoms with van der Waals surface area (Å²) in [4.78, 5) is 12.2. The Morgan fingerprint density at radius 1 is 1.04 bits per heavy atom. The maximum atomic E-state index is 12.2. The maximum Gasteiger partial charge on any atom is 0.338 e. The quantitative estimate of drug-likeness (QED) is 0.671. The third-order valence-electron chi connectivity index (χ3n) is 3.62. The molecule has 0 saturated heterocycles. The molecule has 0 N–H and O–H groups in total. The highest BCUT2D eigenvalue weighted by atomic mass is 16.6. The Balaban J connectivity index is 1.73. The van der Waals surface area contributed by atoms with E-state index in [-0.39, 0.29) is 5.89 Å². The number of ether oxygens (including phenoxy) is 1. The number of carbonyl (C=O) groups excluding carboxylic acids is 1. The first-order valence-corrected chi connectivity index (χ1v) is 7.71. The van der Waals surface area contributed by atoms with Crippen molar-refractivity contribution < 1.29 is 13.9 Å². The van der Waals surface area contributed by atoms with Crippen LogP contribution >= 0.6 is 0 Å². The van der Waals surface area contributed by atoms with Gasteiger partial charge in [0.2, 0.25) is 5.89 Å². The van der Waals surface area contributed by atoms with Crippen LogP contribution in [0.1, 0.15) is 40.4 Å². The second kappa shape index (κ2) is 6.66. The summed E-state index contributed by atoms with van der Waals surface area (Å²) in [5.74, 6) is 0.260. The van der Waals surface area contributed by atoms with Crippen LogP contribution in [0, 0.1) is 13.8 Å². The summed E-state index contributed by atoms with van der Waals surface area (Å²) < 4.78 is 11.0. The van der Waals surface area contributed by atoms with Crippen molar-refractivity contribution in [1.82, 2.24) is 10.2 Å². The number of hydrogen-bond acceptors (Lipinski definition) is 5. The van der Waals surface area contributed by atoms with Crippen molar-refractivity contribution in [1.29, 1.82) is 0 Å². The van der Waals surface area contributed by atoms with Crippen molar-refractivity contribution in [3.05, 3.63) is 71.1 Å². The highest BCUT2D eigenvalue weighted by Crippen LogP contribution is 2.23. The molecule has 3 rings (SSSR count). The van der Waals surface area contributed by atoms with Gasteiger partial charge in [0, 0.05) is 5.56 Å². The minimum absolute atomic E-state index is 0.270. The van der Waals surface area contributed by atoms with E-state index in [0.717, 1.165) is 16.7 Å². The van der Waals surface area contributed by atoms with E-state index >= 15 is 0 Å². The van der Waals surface area contributed by atoms with Crippen molar-refractivity contribution in [2.75, 3.05) is 0 Å². The highest BCUT2D eigenvalue weighted by molar-refractivity contribution is 5.89. The first-order chi connectivity index (χ1) is 11.5. The normalized spacial score (nSPS) is 12.0. The number of hydrogen-bond donors (Lipinski definition) is 0. The van der Waals surface area contributed by atoms with Gasteiger partial charge in [-0.15, -0.1) is 10.2 Å². The number of aryl methyl sites for hydroxylation is 2. The van der Waals surface area contributed by atoms with Crippen LogP contribution < -0.4 is 0 Å². The third kappa shape index (κ3) is 3.51. The second-order valence-corrected chi connectivity index (χ2v) is 5.73. The lowest BCUT2D eigenvalue weighted by atomic mass is 10.1. The molecule has 0 aliphatic heterocycles. The molecule has 0 aliphatic carbocycles. The Morgan fingerprint density at radius 3 is 2.50 bits per heavy atom. The molecular weight excluding hydrogens is 304 g/mol. The van der Waals surface area contributed by atoms with E-state index in [1.165, 1.54) is 0 Å². The van der Waals surface area contributed by atoms with Crippen molar-refractivity contribution in [2.24, 2.45) is 0 Å². The Kier molecular flexibility index (Phi) is 4.42. The summed E-state index contributed by atoms with van der Waals surface area (Å²) in [7, 11) is 0. The van der Waals surface area contributed by atoms with Gasteiger partial charge in [0.25, 0.3) is 5.89 Å². The van der Waals surface area contributed by atoms with Crippen molar-refractivity contribution >= 4 is 5.97 Å². The monoisotopic (exact) mass is 322 g/mol. The zero-order valence-electron chi connectivity index (χ0n) is 13.8. The first kappa shape index (κ1) is 15.9. The predicted octanol–water partition coefficient (Wildman–Crippen LogP) is 4.27. The Morgan fingerprint density at radius 2 is 1.79 bits per heavy atom. The predicted molar refractivity (Wildman–Crippen MR) is 89.5 cm³/mol. The minimum Gasteiger partial charge on any atom is -0.449 e. The van der Waals surface area contributed by atoms with Crippen LogP contribution in [0.2, 0.25) is 0 Å². The van der Waals surface area contributed by atoms with Crippen LogP contribution in [0.3, 0.4) is 0 Å². The molecule has 122 valence electrons. The van der Waals surface area contributed by atoms with Crippen LogP contribution in [-0.2, 0) is 4.74 Å². The largest absolute Gasteiger partial charge is 0.449 e. The maximum absolute atomic E-state index is 12.2. The fourth-order valence-electron chi connectivity index (χ4n) is 2.26. The fourth-order valence-corrected chi connectivity index (χ4v) is 2.26. The Labute approximate surface area is 140 Å². The standard InChI is InChI=1S/C19H18N2O3/c1-12-7-9-15(10-8-12)18-21-20-17(24-18)14(3)23-19(22)16-6-4-5-13(2)11-16/h4-11,14H,1-3H3/t14-/m1/s1. The van der Waals surface area contributed by atoms with E-state index in [1.54, 1.807) is 19.1 Å². The van der Waals surface area contributed by atoms with Gasteiger partial charge in [-0.2, -0.15) is 0 Å². The van der Waals surface area contributed by atoms with E-state index in [2.05, 4.69) is 10.2 Å². The molecule has 0 unspecified atom stereocenters. The number of carbonyl (C=O) groups is 1. The van der Waals surface area contributed by atoms with Gasteiger partial charge >= 0.3 is 5.97 Å². The molecule has 0 fully saturated rings. The van der Waals surface area contributed by atoms with Crippen LogP contribution in [-0.4, -0.2) is 16.2 Å². The van der Waals surface area contributed by atoms with Crippen LogP contribution in [0.5, 0.6) is 0 Å². The van der Waals surface area contributed by atoms with Gasteiger partial charge in [-0.05, 0) is 45.0 Å². The zero-order chi connectivity index (χ0) is 17.1. The van der Waals surface area contributed by atoms with Gasteiger partial charge in [0.05, 0.1) is 5.56 Å². The highest BCUT2D eigenvalue weighted by Gasteiger charge is 2.20. The van der Waals surface area contributed by atoms with Gasteiger partial charge in [-0.3, -0.25) is 0 Å². The lowest BCUT2D eigenvalue weighted by Crippen LogP contribution is -2.09. The van der Waals surface area contributed by atoms with E-state index in [4.69, 9.17) is 9.15 Å². The van der Waals surface area contributed by atoms with Gasteiger partial charge in [0.15, 0.2) is 6.10 Å². The molecule has 0 spiro atoms. The van der Waals surface area contributed by atoms with Crippen LogP contribution in [0.25, 0.3) is 11.5 Å². The Hall–Kier alpha value is -2.95. The van der Waals surface area contributed by atoms with Crippen molar-refractivity contribution in [2.45, 2.75) is 26.9 Å². The number of rotatable bonds is 4. The molecule has 0 saturated carbocycles. The molecule has 3 aromatic rings. The molecule has 5 heteroatoms. The average molecular weight is 322 g/mol. The summed E-state index contributed by atoms with van der Waals surface area (Å²) in [5.41, 5.74) is 3.48. The molecule has 1 heterocycles. The van der Waals surface area contributed by atoms with E-state index in [9.17, 15) is 4.79 Å². The summed E-state index contributed by atoms with van der Waals surface area (Å²) in [5, 5.41) is 8.01. The molecule has 1 aromatic heterocycles. The lowest BCUT2D eigenvalue weighted by Gasteiger charge is -2.09. The molecule has 1 atom stereocenters. The van der Waals surface area contributed by atoms with Crippen LogP contribution in [0.4, 0.5) is 0 Å². The van der Waals surface area contributed by atoms with E-state index < -0.39 is 12.1 Å². The van der Waals surface area contributed by atoms with Gasteiger partial charge in [-0.1, -0.05) is 35.4 Å². The summed E-state index contributed by atoms with van der Waals surface area (Å²) >= 11 is 0. The topological polar surface area (TPSA) is 65.2 Å². The number of esters is 1. The molecule has 24 heavy (non-hydrogen) atoms. The van der Waals surface area contributed by atoms with E-state index in [0.29, 0.717) is 11.5 Å². The smallest absolute Gasteiger partial charge is 0.338 e. The molecule has 0 bridgehead atoms. The first-order valence-electron chi connectivity index (χ1n) is 7.71. The van der Waals surface area contributed by atoms with Gasteiger partial charge in [-0.25, -0.2) is 4.79 Å². The minimum atomic E-state index is -0.621. The number of aromatic nitrogens is 2. The molecular formula is C19H18N2O3. The van der Waals surface area contributed by atoms with E-state index in [1.807, 2.05) is 50.2 Å². The van der Waals surface area contributed by atoms with Gasteiger partial charge < -0.3 is 9.15 Å². The molecule has 0 aliphatic rings. The fraction of sp³-hybridized carbons (Fsp3) is 0.211. The summed E-state index contributed by atoms with van der Waals surface area (Å²) in [6.45, 7) is 5.64. The molecule has 0 amide bonds. The summed E-state index contributed by atoms with van der Waals surface area (Å²) in [6, 6.07) is 15.0. The summed E-state index contributed by atoms with van der Waals surface area (Å²) in [6.07, 6.45) is -0.621. The lowest BCUT2D eigenvalue weighted by molar-refractivity contribution is 0.0280.